The number of nitrogens with zero attached hydrogens (tertiary/aromatic N) is 6. The summed E-state index contributed by atoms with van der Waals surface area (Å²) in [5.74, 6) is -4.10. The predicted octanol–water partition coefficient (Wildman–Crippen LogP) is -0.435. The highest BCUT2D eigenvalue weighted by Gasteiger charge is 2.45. The third-order valence-electron chi connectivity index (χ3n) is 11.3. The van der Waals surface area contributed by atoms with E-state index in [1.807, 2.05) is 0 Å². The van der Waals surface area contributed by atoms with Crippen molar-refractivity contribution in [1.29, 1.82) is 0 Å². The average Bonchev–Trinajstić information content (AvgIpc) is 4.00. The second-order valence-electron chi connectivity index (χ2n) is 15.8. The van der Waals surface area contributed by atoms with Gasteiger partial charge < -0.3 is 45.2 Å². The van der Waals surface area contributed by atoms with E-state index in [0.717, 1.165) is 4.90 Å². The summed E-state index contributed by atoms with van der Waals surface area (Å²) < 4.78 is 33.8. The number of amides is 6. The van der Waals surface area contributed by atoms with Gasteiger partial charge in [0, 0.05) is 47.7 Å². The minimum atomic E-state index is -2.01. The van der Waals surface area contributed by atoms with Crippen LogP contribution in [0.1, 0.15) is 72.5 Å². The fourth-order valence-corrected chi connectivity index (χ4v) is 7.68. The zero-order valence-electron chi connectivity index (χ0n) is 36.1. The third-order valence-corrected chi connectivity index (χ3v) is 11.3. The number of nitrogens with one attached hydrogen (secondary N) is 4. The van der Waals surface area contributed by atoms with Gasteiger partial charge in [-0.25, -0.2) is 18.9 Å². The summed E-state index contributed by atoms with van der Waals surface area (Å²) in [4.78, 5) is 104. The Morgan fingerprint density at radius 1 is 0.894 bits per heavy atom. The van der Waals surface area contributed by atoms with Gasteiger partial charge in [-0.1, -0.05) is 18.6 Å². The van der Waals surface area contributed by atoms with Crippen LogP contribution in [0, 0.1) is 12.7 Å². The van der Waals surface area contributed by atoms with E-state index in [1.54, 1.807) is 36.9 Å². The number of imide groups is 1. The Morgan fingerprint density at radius 2 is 1.61 bits per heavy atom. The molecule has 0 radical (unpaired) electrons. The van der Waals surface area contributed by atoms with Crippen LogP contribution in [-0.2, 0) is 79.7 Å². The van der Waals surface area contributed by atoms with Gasteiger partial charge in [-0.3, -0.25) is 38.5 Å². The number of hydrogen-bond acceptors (Lipinski definition) is 15. The highest BCUT2D eigenvalue weighted by Crippen LogP contribution is 2.40. The molecule has 4 aromatic rings. The van der Waals surface area contributed by atoms with Gasteiger partial charge in [0.15, 0.2) is 5.60 Å². The number of cyclic esters (lactones) is 1. The number of aliphatic hydroxyl groups is 1. The van der Waals surface area contributed by atoms with Crippen molar-refractivity contribution in [3.05, 3.63) is 86.2 Å². The van der Waals surface area contributed by atoms with Crippen LogP contribution in [-0.4, -0.2) is 116 Å². The minimum Gasteiger partial charge on any atom is -0.458 e. The molecule has 6 amide bonds. The number of halogens is 1. The van der Waals surface area contributed by atoms with E-state index in [9.17, 15) is 47.9 Å². The lowest BCUT2D eigenvalue weighted by atomic mass is 9.86. The van der Waals surface area contributed by atoms with Crippen molar-refractivity contribution in [2.24, 2.45) is 0 Å². The molecule has 3 aliphatic heterocycles. The fraction of sp³-hybridized carbons (Fsp3) is 0.419. The standard InChI is InChI=1S/C43H47FN10O12/c1-3-43(63)30-12-33-40-28(18-54(33)41(61)29(30)20-66-42(43)62)27(26-11-24(2)31(44)13-32(26)49-40)17-52-16-25(50-51-52)19-64-22-47-36(57)15-46-37(58)21-65-23-48-35(56)14-45-34(55)7-5-4-6-10-53-38(59)8-9-39(53)60/h8-9,11-13,16,63H,3-7,10,14-15,17-23H2,1-2H3,(H,45,55)(H,46,58)(H,47,57)(H,48,56)/t43-/m0/s1. The van der Waals surface area contributed by atoms with E-state index in [4.69, 9.17) is 19.2 Å². The zero-order valence-corrected chi connectivity index (χ0v) is 36.1. The highest BCUT2D eigenvalue weighted by atomic mass is 19.1. The lowest BCUT2D eigenvalue weighted by molar-refractivity contribution is -0.172. The molecule has 3 aromatic heterocycles. The Bertz CT molecular complexity index is 2700. The summed E-state index contributed by atoms with van der Waals surface area (Å²) in [7, 11) is 0. The van der Waals surface area contributed by atoms with Gasteiger partial charge in [-0.2, -0.15) is 0 Å². The van der Waals surface area contributed by atoms with Gasteiger partial charge in [-0.05, 0) is 49.4 Å². The number of unbranched alkanes of at least 4 members (excludes halogenated alkanes) is 2. The van der Waals surface area contributed by atoms with Crippen molar-refractivity contribution < 1.29 is 57.3 Å². The van der Waals surface area contributed by atoms with Gasteiger partial charge >= 0.3 is 5.97 Å². The smallest absolute Gasteiger partial charge is 0.343 e. The van der Waals surface area contributed by atoms with Crippen molar-refractivity contribution in [1.82, 2.24) is 50.7 Å². The van der Waals surface area contributed by atoms with Crippen molar-refractivity contribution in [2.45, 2.75) is 77.9 Å². The summed E-state index contributed by atoms with van der Waals surface area (Å²) in [6, 6.07) is 4.58. The molecule has 0 unspecified atom stereocenters. The van der Waals surface area contributed by atoms with Crippen LogP contribution in [0.25, 0.3) is 22.3 Å². The maximum atomic E-state index is 14.9. The number of esters is 1. The van der Waals surface area contributed by atoms with E-state index in [-0.39, 0.29) is 101 Å². The summed E-state index contributed by atoms with van der Waals surface area (Å²) in [6.07, 6.45) is 5.87. The number of rotatable bonds is 21. The zero-order chi connectivity index (χ0) is 47.1. The highest BCUT2D eigenvalue weighted by molar-refractivity contribution is 6.12. The molecule has 5 N–H and O–H groups in total. The van der Waals surface area contributed by atoms with E-state index in [2.05, 4.69) is 31.6 Å². The second-order valence-corrected chi connectivity index (χ2v) is 15.8. The maximum absolute atomic E-state index is 14.9. The van der Waals surface area contributed by atoms with Gasteiger partial charge in [0.05, 0.1) is 61.5 Å². The number of fused-ring (bicyclic) bond motifs is 5. The Hall–Kier alpha value is -7.24. The molecular formula is C43H47FN10O12. The lowest BCUT2D eigenvalue weighted by Crippen LogP contribution is -2.44. The number of carbonyl (C=O) groups is 7. The number of hydrogen-bond donors (Lipinski definition) is 5. The molecule has 1 atom stereocenters. The van der Waals surface area contributed by atoms with Crippen LogP contribution in [0.5, 0.6) is 0 Å². The molecule has 7 rings (SSSR count). The first-order valence-corrected chi connectivity index (χ1v) is 21.1. The van der Waals surface area contributed by atoms with Gasteiger partial charge in [0.1, 0.15) is 38.2 Å². The van der Waals surface area contributed by atoms with Crippen LogP contribution in [0.2, 0.25) is 0 Å². The molecule has 66 heavy (non-hydrogen) atoms. The van der Waals surface area contributed by atoms with Crippen LogP contribution in [0.4, 0.5) is 4.39 Å². The molecule has 0 spiro atoms. The first-order valence-electron chi connectivity index (χ1n) is 21.1. The summed E-state index contributed by atoms with van der Waals surface area (Å²) in [5.41, 5.74) is 1.17. The number of benzene rings is 1. The molecule has 0 fully saturated rings. The normalized spacial score (nSPS) is 15.9. The van der Waals surface area contributed by atoms with E-state index >= 15 is 0 Å². The fourth-order valence-electron chi connectivity index (χ4n) is 7.68. The second kappa shape index (κ2) is 20.3. The number of aryl methyl sites for hydroxylation is 1. The van der Waals surface area contributed by atoms with Crippen LogP contribution in [0.15, 0.2) is 41.3 Å². The molecule has 3 aliphatic rings. The largest absolute Gasteiger partial charge is 0.458 e. The Labute approximate surface area is 374 Å². The SMILES string of the molecule is CC[C@@]1(O)C(=O)OCc2c1cc1n(c2=O)Cc2c-1nc1cc(F)c(C)cc1c2Cn1cc(COCNC(=O)CNC(=O)COCNC(=O)CNC(=O)CCCCCN2C(=O)C=CC2=O)nn1. The monoisotopic (exact) mass is 914 g/mol. The topological polar surface area (TPSA) is 284 Å². The molecule has 23 heteroatoms. The Morgan fingerprint density at radius 3 is 2.33 bits per heavy atom. The first-order chi connectivity index (χ1) is 31.7. The minimum absolute atomic E-state index is 0.0201. The first kappa shape index (κ1) is 46.7. The third kappa shape index (κ3) is 10.3. The molecule has 0 bridgehead atoms. The van der Waals surface area contributed by atoms with Crippen LogP contribution in [0.3, 0.4) is 0 Å². The Balaban J connectivity index is 0.819. The van der Waals surface area contributed by atoms with E-state index < -0.39 is 47.3 Å². The van der Waals surface area contributed by atoms with E-state index in [0.29, 0.717) is 63.9 Å². The van der Waals surface area contributed by atoms with Crippen LogP contribution < -0.4 is 26.8 Å². The van der Waals surface area contributed by atoms with Crippen molar-refractivity contribution in [2.75, 3.05) is 39.7 Å². The predicted molar refractivity (Wildman–Crippen MR) is 225 cm³/mol. The van der Waals surface area contributed by atoms with Gasteiger partial charge in [0.25, 0.3) is 17.4 Å². The molecule has 22 nitrogen and oxygen atoms in total. The van der Waals surface area contributed by atoms with Crippen LogP contribution >= 0.6 is 0 Å². The molecule has 0 saturated carbocycles. The average molecular weight is 915 g/mol. The number of pyridine rings is 2. The molecule has 0 aliphatic carbocycles. The molecule has 0 saturated heterocycles. The quantitative estimate of drug-likeness (QED) is 0.0270. The van der Waals surface area contributed by atoms with Crippen molar-refractivity contribution >= 4 is 52.3 Å². The van der Waals surface area contributed by atoms with Crippen molar-refractivity contribution in [3.63, 3.8) is 0 Å². The van der Waals surface area contributed by atoms with Crippen molar-refractivity contribution in [3.8, 4) is 11.4 Å². The number of ether oxygens (including phenoxy) is 3. The molecule has 348 valence electrons. The molecule has 6 heterocycles. The summed E-state index contributed by atoms with van der Waals surface area (Å²) >= 11 is 0. The number of carbonyl (C=O) groups excluding carboxylic acids is 7. The van der Waals surface area contributed by atoms with E-state index in [1.165, 1.54) is 22.8 Å². The molecular weight excluding hydrogens is 868 g/mol. The summed E-state index contributed by atoms with van der Waals surface area (Å²) in [5, 5.41) is 30.0. The number of aromatic nitrogens is 5. The lowest BCUT2D eigenvalue weighted by Gasteiger charge is -2.31. The van der Waals surface area contributed by atoms with Gasteiger partial charge in [-0.15, -0.1) is 5.10 Å². The maximum Gasteiger partial charge on any atom is 0.343 e. The van der Waals surface area contributed by atoms with Gasteiger partial charge in [0.2, 0.25) is 23.6 Å². The summed E-state index contributed by atoms with van der Waals surface area (Å²) in [6.45, 7) is 1.75. The molecule has 1 aromatic carbocycles. The Kier molecular flexibility index (Phi) is 14.4.